The Bertz CT molecular complexity index is 700. The Morgan fingerprint density at radius 1 is 1.00 bits per heavy atom. The van der Waals surface area contributed by atoms with Gasteiger partial charge in [-0.3, -0.25) is 0 Å². The smallest absolute Gasteiger partial charge is 0.142 e. The molecule has 2 rings (SSSR count). The molecular formula is C19H23NO4. The van der Waals surface area contributed by atoms with E-state index in [9.17, 15) is 10.2 Å². The lowest BCUT2D eigenvalue weighted by molar-refractivity contribution is 0.254. The number of anilines is 1. The summed E-state index contributed by atoms with van der Waals surface area (Å²) in [6.07, 6.45) is 3.82. The van der Waals surface area contributed by atoms with Crippen LogP contribution in [0.2, 0.25) is 0 Å². The first-order valence-corrected chi connectivity index (χ1v) is 7.74. The van der Waals surface area contributed by atoms with Gasteiger partial charge in [0.1, 0.15) is 11.5 Å². The van der Waals surface area contributed by atoms with E-state index in [1.54, 1.807) is 0 Å². The van der Waals surface area contributed by atoms with Crippen molar-refractivity contribution in [1.82, 2.24) is 0 Å². The van der Waals surface area contributed by atoms with E-state index in [0.717, 1.165) is 11.1 Å². The summed E-state index contributed by atoms with van der Waals surface area (Å²) in [6, 6.07) is 9.24. The summed E-state index contributed by atoms with van der Waals surface area (Å²) in [7, 11) is 1.54. The first-order chi connectivity index (χ1) is 11.6. The molecule has 0 heterocycles. The predicted molar refractivity (Wildman–Crippen MR) is 95.8 cm³/mol. The van der Waals surface area contributed by atoms with Crippen LogP contribution in [0.5, 0.6) is 11.5 Å². The molecule has 0 fully saturated rings. The Balaban J connectivity index is 2.30. The predicted octanol–water partition coefficient (Wildman–Crippen LogP) is 2.83. The van der Waals surface area contributed by atoms with Crippen molar-refractivity contribution in [2.75, 3.05) is 19.5 Å². The third kappa shape index (κ3) is 4.07. The van der Waals surface area contributed by atoms with Gasteiger partial charge in [0.25, 0.3) is 0 Å². The van der Waals surface area contributed by atoms with E-state index >= 15 is 0 Å². The second kappa shape index (κ2) is 8.38. The monoisotopic (exact) mass is 329 g/mol. The summed E-state index contributed by atoms with van der Waals surface area (Å²) in [4.78, 5) is 0. The normalized spacial score (nSPS) is 11.0. The molecule has 0 aliphatic carbocycles. The maximum atomic E-state index is 9.48. The summed E-state index contributed by atoms with van der Waals surface area (Å²) >= 11 is 0. The van der Waals surface area contributed by atoms with Crippen LogP contribution in [0.15, 0.2) is 30.3 Å². The summed E-state index contributed by atoms with van der Waals surface area (Å²) < 4.78 is 10.7. The maximum Gasteiger partial charge on any atom is 0.142 e. The highest BCUT2D eigenvalue weighted by molar-refractivity contribution is 5.73. The molecule has 24 heavy (non-hydrogen) atoms. The topological polar surface area (TPSA) is 84.9 Å². The van der Waals surface area contributed by atoms with E-state index in [0.29, 0.717) is 34.9 Å². The van der Waals surface area contributed by atoms with Crippen LogP contribution in [0.1, 0.15) is 29.2 Å². The van der Waals surface area contributed by atoms with Gasteiger partial charge in [-0.25, -0.2) is 0 Å². The van der Waals surface area contributed by atoms with Crippen LogP contribution in [0, 0.1) is 0 Å². The number of nitrogen functional groups attached to an aromatic ring is 1. The summed E-state index contributed by atoms with van der Waals surface area (Å²) in [5, 5.41) is 18.9. The number of aliphatic hydroxyl groups is 2. The van der Waals surface area contributed by atoms with Crippen molar-refractivity contribution in [3.8, 4) is 11.5 Å². The maximum absolute atomic E-state index is 9.48. The molecule has 0 saturated carbocycles. The average Bonchev–Trinajstić information content (AvgIpc) is 2.61. The number of ether oxygens (including phenoxy) is 2. The standard InChI is InChI=1S/C19H23NO4/c1-3-24-18-7-6-13(9-17(18)20)4-5-14-8-15(11-21)16(12-22)19(10-14)23-2/h4-10,21-22H,3,11-12,20H2,1-2H3/b5-4-. The SMILES string of the molecule is CCOc1ccc(/C=C\c2cc(CO)c(CO)c(OC)c2)cc1N. The minimum atomic E-state index is -0.182. The quantitative estimate of drug-likeness (QED) is 0.537. The van der Waals surface area contributed by atoms with Crippen molar-refractivity contribution in [2.24, 2.45) is 0 Å². The van der Waals surface area contributed by atoms with Crippen LogP contribution in [0.4, 0.5) is 5.69 Å². The van der Waals surface area contributed by atoms with Gasteiger partial charge in [0, 0.05) is 5.56 Å². The molecule has 0 aromatic heterocycles. The van der Waals surface area contributed by atoms with Gasteiger partial charge < -0.3 is 25.4 Å². The van der Waals surface area contributed by atoms with E-state index in [-0.39, 0.29) is 13.2 Å². The van der Waals surface area contributed by atoms with Gasteiger partial charge in [-0.1, -0.05) is 18.2 Å². The Hall–Kier alpha value is -2.50. The zero-order valence-electron chi connectivity index (χ0n) is 14.0. The van der Waals surface area contributed by atoms with Gasteiger partial charge in [0.15, 0.2) is 0 Å². The van der Waals surface area contributed by atoms with E-state index in [2.05, 4.69) is 0 Å². The molecule has 5 heteroatoms. The molecule has 5 nitrogen and oxygen atoms in total. The first-order valence-electron chi connectivity index (χ1n) is 7.74. The number of rotatable bonds is 7. The number of methoxy groups -OCH3 is 1. The van der Waals surface area contributed by atoms with Gasteiger partial charge in [-0.2, -0.15) is 0 Å². The molecule has 0 saturated heterocycles. The zero-order valence-corrected chi connectivity index (χ0v) is 14.0. The molecule has 0 radical (unpaired) electrons. The van der Waals surface area contributed by atoms with E-state index in [1.807, 2.05) is 49.4 Å². The van der Waals surface area contributed by atoms with Crippen LogP contribution in [-0.2, 0) is 13.2 Å². The Morgan fingerprint density at radius 2 is 1.75 bits per heavy atom. The lowest BCUT2D eigenvalue weighted by Gasteiger charge is -2.12. The van der Waals surface area contributed by atoms with Crippen molar-refractivity contribution in [2.45, 2.75) is 20.1 Å². The lowest BCUT2D eigenvalue weighted by Crippen LogP contribution is -1.99. The molecule has 2 aromatic rings. The van der Waals surface area contributed by atoms with Crippen molar-refractivity contribution in [1.29, 1.82) is 0 Å². The molecule has 0 bridgehead atoms. The molecule has 0 atom stereocenters. The molecule has 0 unspecified atom stereocenters. The minimum absolute atomic E-state index is 0.163. The van der Waals surface area contributed by atoms with Crippen molar-refractivity contribution in [3.63, 3.8) is 0 Å². The average molecular weight is 329 g/mol. The molecule has 2 aromatic carbocycles. The van der Waals surface area contributed by atoms with Gasteiger partial charge in [0.05, 0.1) is 32.6 Å². The van der Waals surface area contributed by atoms with Crippen LogP contribution >= 0.6 is 0 Å². The van der Waals surface area contributed by atoms with Gasteiger partial charge in [-0.05, 0) is 47.9 Å². The lowest BCUT2D eigenvalue weighted by atomic mass is 10.0. The van der Waals surface area contributed by atoms with Gasteiger partial charge in [0.2, 0.25) is 0 Å². The molecule has 128 valence electrons. The summed E-state index contributed by atoms with van der Waals surface area (Å²) in [5.41, 5.74) is 9.59. The third-order valence-corrected chi connectivity index (χ3v) is 3.67. The number of hydrogen-bond donors (Lipinski definition) is 3. The fourth-order valence-electron chi connectivity index (χ4n) is 2.48. The fraction of sp³-hybridized carbons (Fsp3) is 0.263. The highest BCUT2D eigenvalue weighted by Gasteiger charge is 2.09. The molecule has 0 spiro atoms. The number of aliphatic hydroxyl groups excluding tert-OH is 2. The zero-order chi connectivity index (χ0) is 17.5. The Kier molecular flexibility index (Phi) is 6.23. The Morgan fingerprint density at radius 3 is 2.33 bits per heavy atom. The molecule has 4 N–H and O–H groups in total. The third-order valence-electron chi connectivity index (χ3n) is 3.67. The largest absolute Gasteiger partial charge is 0.496 e. The van der Waals surface area contributed by atoms with E-state index in [1.165, 1.54) is 7.11 Å². The van der Waals surface area contributed by atoms with Crippen LogP contribution in [0.25, 0.3) is 12.2 Å². The molecule has 0 aliphatic heterocycles. The van der Waals surface area contributed by atoms with Crippen LogP contribution in [0.3, 0.4) is 0 Å². The van der Waals surface area contributed by atoms with Gasteiger partial charge in [-0.15, -0.1) is 0 Å². The number of nitrogens with two attached hydrogens (primary N) is 1. The van der Waals surface area contributed by atoms with Crippen LogP contribution < -0.4 is 15.2 Å². The number of hydrogen-bond acceptors (Lipinski definition) is 5. The summed E-state index contributed by atoms with van der Waals surface area (Å²) in [6.45, 7) is 2.14. The van der Waals surface area contributed by atoms with Crippen molar-refractivity contribution in [3.05, 3.63) is 52.6 Å². The first kappa shape index (κ1) is 17.8. The number of benzene rings is 2. The fourth-order valence-corrected chi connectivity index (χ4v) is 2.48. The molecule has 0 amide bonds. The van der Waals surface area contributed by atoms with Crippen LogP contribution in [-0.4, -0.2) is 23.9 Å². The van der Waals surface area contributed by atoms with Crippen molar-refractivity contribution >= 4 is 17.8 Å². The summed E-state index contributed by atoms with van der Waals surface area (Å²) in [5.74, 6) is 1.22. The molecule has 0 aliphatic rings. The van der Waals surface area contributed by atoms with Gasteiger partial charge >= 0.3 is 0 Å². The van der Waals surface area contributed by atoms with E-state index in [4.69, 9.17) is 15.2 Å². The highest BCUT2D eigenvalue weighted by atomic mass is 16.5. The highest BCUT2D eigenvalue weighted by Crippen LogP contribution is 2.27. The van der Waals surface area contributed by atoms with Crippen molar-refractivity contribution < 1.29 is 19.7 Å². The Labute approximate surface area is 142 Å². The molecular weight excluding hydrogens is 306 g/mol. The van der Waals surface area contributed by atoms with E-state index < -0.39 is 0 Å². The second-order valence-corrected chi connectivity index (χ2v) is 5.24. The second-order valence-electron chi connectivity index (χ2n) is 5.24. The minimum Gasteiger partial charge on any atom is -0.496 e.